The zero-order valence-electron chi connectivity index (χ0n) is 16.2. The molecule has 3 rings (SSSR count). The van der Waals surface area contributed by atoms with Crippen LogP contribution in [0.15, 0.2) is 42.5 Å². The molecule has 0 saturated carbocycles. The molecule has 0 radical (unpaired) electrons. The summed E-state index contributed by atoms with van der Waals surface area (Å²) < 4.78 is 10.4. The van der Waals surface area contributed by atoms with Crippen LogP contribution in [0.4, 0.5) is 17.1 Å². The molecule has 1 unspecified atom stereocenters. The van der Waals surface area contributed by atoms with Gasteiger partial charge in [-0.25, -0.2) is 4.79 Å². The molecule has 30 heavy (non-hydrogen) atoms. The highest BCUT2D eigenvalue weighted by molar-refractivity contribution is 6.30. The minimum Gasteiger partial charge on any atom is -0.449 e. The zero-order chi connectivity index (χ0) is 21.7. The van der Waals surface area contributed by atoms with Crippen molar-refractivity contribution in [1.82, 2.24) is 0 Å². The lowest BCUT2D eigenvalue weighted by atomic mass is 10.1. The standard InChI is InChI=1S/C20H20ClN3O6/c1-13(19(25)22-16-4-2-3-15(21)12-16)30-20(26)14-5-6-17(18(11-14)24(27)28)23-7-9-29-10-8-23/h2-6,11-13H,7-10H2,1H3,(H,22,25). The molecule has 1 fully saturated rings. The van der Waals surface area contributed by atoms with E-state index in [1.807, 2.05) is 4.90 Å². The van der Waals surface area contributed by atoms with Gasteiger partial charge in [0.1, 0.15) is 5.69 Å². The molecular weight excluding hydrogens is 414 g/mol. The summed E-state index contributed by atoms with van der Waals surface area (Å²) in [5.74, 6) is -1.38. The first-order valence-electron chi connectivity index (χ1n) is 9.23. The van der Waals surface area contributed by atoms with Gasteiger partial charge in [0, 0.05) is 29.9 Å². The summed E-state index contributed by atoms with van der Waals surface area (Å²) in [5.41, 5.74) is 0.649. The maximum absolute atomic E-state index is 12.4. The molecule has 158 valence electrons. The normalized spacial score (nSPS) is 14.7. The first kappa shape index (κ1) is 21.5. The molecule has 9 nitrogen and oxygen atoms in total. The number of nitrogens with one attached hydrogen (secondary N) is 1. The number of benzene rings is 2. The molecule has 0 spiro atoms. The molecule has 2 aromatic rings. The molecule has 10 heteroatoms. The number of morpholine rings is 1. The monoisotopic (exact) mass is 433 g/mol. The van der Waals surface area contributed by atoms with Gasteiger partial charge in [-0.05, 0) is 37.3 Å². The summed E-state index contributed by atoms with van der Waals surface area (Å²) in [6.07, 6.45) is -1.12. The largest absolute Gasteiger partial charge is 0.449 e. The zero-order valence-corrected chi connectivity index (χ0v) is 16.9. The predicted molar refractivity (Wildman–Crippen MR) is 111 cm³/mol. The number of nitro benzene ring substituents is 1. The second kappa shape index (κ2) is 9.55. The highest BCUT2D eigenvalue weighted by Gasteiger charge is 2.25. The fraction of sp³-hybridized carbons (Fsp3) is 0.300. The molecular formula is C20H20ClN3O6. The Balaban J connectivity index is 1.70. The number of carbonyl (C=O) groups excluding carboxylic acids is 2. The Bertz CT molecular complexity index is 961. The summed E-state index contributed by atoms with van der Waals surface area (Å²) in [6.45, 7) is 3.39. The maximum atomic E-state index is 12.4. The van der Waals surface area contributed by atoms with Crippen LogP contribution in [0.2, 0.25) is 5.02 Å². The van der Waals surface area contributed by atoms with Gasteiger partial charge in [0.25, 0.3) is 11.6 Å². The van der Waals surface area contributed by atoms with Crippen molar-refractivity contribution >= 4 is 40.5 Å². The summed E-state index contributed by atoms with van der Waals surface area (Å²) >= 11 is 5.88. The van der Waals surface area contributed by atoms with Crippen molar-refractivity contribution in [3.8, 4) is 0 Å². The highest BCUT2D eigenvalue weighted by Crippen LogP contribution is 2.30. The van der Waals surface area contributed by atoms with Crippen molar-refractivity contribution in [2.24, 2.45) is 0 Å². The molecule has 1 atom stereocenters. The number of hydrogen-bond acceptors (Lipinski definition) is 7. The van der Waals surface area contributed by atoms with Crippen molar-refractivity contribution in [2.75, 3.05) is 36.5 Å². The number of halogens is 1. The van der Waals surface area contributed by atoms with E-state index in [0.717, 1.165) is 6.07 Å². The second-order valence-electron chi connectivity index (χ2n) is 6.61. The van der Waals surface area contributed by atoms with Gasteiger partial charge < -0.3 is 19.7 Å². The lowest BCUT2D eigenvalue weighted by Gasteiger charge is -2.28. The van der Waals surface area contributed by atoms with Crippen LogP contribution >= 0.6 is 11.6 Å². The average Bonchev–Trinajstić information content (AvgIpc) is 2.73. The van der Waals surface area contributed by atoms with Gasteiger partial charge in [-0.2, -0.15) is 0 Å². The third kappa shape index (κ3) is 5.25. The fourth-order valence-corrected chi connectivity index (χ4v) is 3.15. The van der Waals surface area contributed by atoms with Crippen LogP contribution in [-0.4, -0.2) is 49.2 Å². The Labute approximate surface area is 177 Å². The summed E-state index contributed by atoms with van der Waals surface area (Å²) in [4.78, 5) is 37.5. The number of esters is 1. The van der Waals surface area contributed by atoms with Gasteiger partial charge in [-0.15, -0.1) is 0 Å². The lowest BCUT2D eigenvalue weighted by molar-refractivity contribution is -0.384. The number of carbonyl (C=O) groups is 2. The maximum Gasteiger partial charge on any atom is 0.339 e. The molecule has 1 heterocycles. The molecule has 0 aromatic heterocycles. The van der Waals surface area contributed by atoms with Gasteiger partial charge >= 0.3 is 5.97 Å². The van der Waals surface area contributed by atoms with Crippen LogP contribution in [0.1, 0.15) is 17.3 Å². The Kier molecular flexibility index (Phi) is 6.86. The summed E-state index contributed by atoms with van der Waals surface area (Å²) in [5, 5.41) is 14.6. The summed E-state index contributed by atoms with van der Waals surface area (Å²) in [7, 11) is 0. The van der Waals surface area contributed by atoms with Gasteiger partial charge in [-0.3, -0.25) is 14.9 Å². The third-order valence-electron chi connectivity index (χ3n) is 4.50. The van der Waals surface area contributed by atoms with Gasteiger partial charge in [0.05, 0.1) is 23.7 Å². The Morgan fingerprint density at radius 1 is 1.23 bits per heavy atom. The number of rotatable bonds is 6. The molecule has 1 saturated heterocycles. The number of nitrogens with zero attached hydrogens (tertiary/aromatic N) is 2. The number of hydrogen-bond donors (Lipinski definition) is 1. The van der Waals surface area contributed by atoms with Crippen LogP contribution in [0, 0.1) is 10.1 Å². The molecule has 0 aliphatic carbocycles. The van der Waals surface area contributed by atoms with E-state index in [1.165, 1.54) is 19.1 Å². The van der Waals surface area contributed by atoms with E-state index in [1.54, 1.807) is 24.3 Å². The number of nitro groups is 1. The van der Waals surface area contributed by atoms with E-state index in [-0.39, 0.29) is 11.3 Å². The Morgan fingerprint density at radius 3 is 2.63 bits per heavy atom. The first-order chi connectivity index (χ1) is 14.3. The molecule has 0 bridgehead atoms. The Morgan fingerprint density at radius 2 is 1.97 bits per heavy atom. The van der Waals surface area contributed by atoms with Crippen molar-refractivity contribution in [3.63, 3.8) is 0 Å². The van der Waals surface area contributed by atoms with Gasteiger partial charge in [-0.1, -0.05) is 17.7 Å². The molecule has 1 aliphatic heterocycles. The van der Waals surface area contributed by atoms with E-state index in [9.17, 15) is 19.7 Å². The van der Waals surface area contributed by atoms with Crippen LogP contribution in [0.25, 0.3) is 0 Å². The highest BCUT2D eigenvalue weighted by atomic mass is 35.5. The van der Waals surface area contributed by atoms with Crippen LogP contribution in [-0.2, 0) is 14.3 Å². The van der Waals surface area contributed by atoms with Crippen molar-refractivity contribution in [2.45, 2.75) is 13.0 Å². The summed E-state index contributed by atoms with van der Waals surface area (Å²) in [6, 6.07) is 10.7. The topological polar surface area (TPSA) is 111 Å². The van der Waals surface area contributed by atoms with E-state index in [2.05, 4.69) is 5.32 Å². The second-order valence-corrected chi connectivity index (χ2v) is 7.04. The first-order valence-corrected chi connectivity index (χ1v) is 9.61. The molecule has 1 N–H and O–H groups in total. The van der Waals surface area contributed by atoms with Crippen LogP contribution < -0.4 is 10.2 Å². The lowest BCUT2D eigenvalue weighted by Crippen LogP contribution is -2.36. The molecule has 1 amide bonds. The molecule has 1 aliphatic rings. The van der Waals surface area contributed by atoms with E-state index in [0.29, 0.717) is 42.7 Å². The van der Waals surface area contributed by atoms with Crippen molar-refractivity contribution in [3.05, 3.63) is 63.2 Å². The van der Waals surface area contributed by atoms with Crippen molar-refractivity contribution in [1.29, 1.82) is 0 Å². The number of anilines is 2. The van der Waals surface area contributed by atoms with Gasteiger partial charge in [0.15, 0.2) is 6.10 Å². The SMILES string of the molecule is CC(OC(=O)c1ccc(N2CCOCC2)c([N+](=O)[O-])c1)C(=O)Nc1cccc(Cl)c1. The minimum absolute atomic E-state index is 0.0129. The number of amides is 1. The van der Waals surface area contributed by atoms with Crippen molar-refractivity contribution < 1.29 is 24.0 Å². The van der Waals surface area contributed by atoms with Gasteiger partial charge in [0.2, 0.25) is 0 Å². The quantitative estimate of drug-likeness (QED) is 0.422. The van der Waals surface area contributed by atoms with E-state index >= 15 is 0 Å². The fourth-order valence-electron chi connectivity index (χ4n) is 2.96. The average molecular weight is 434 g/mol. The van der Waals surface area contributed by atoms with E-state index < -0.39 is 22.9 Å². The molecule has 2 aromatic carbocycles. The third-order valence-corrected chi connectivity index (χ3v) is 4.74. The Hall–Kier alpha value is -3.17. The van der Waals surface area contributed by atoms with Crippen LogP contribution in [0.3, 0.4) is 0 Å². The smallest absolute Gasteiger partial charge is 0.339 e. The number of ether oxygens (including phenoxy) is 2. The van der Waals surface area contributed by atoms with Crippen LogP contribution in [0.5, 0.6) is 0 Å². The minimum atomic E-state index is -1.12. The predicted octanol–water partition coefficient (Wildman–Crippen LogP) is 3.27. The van der Waals surface area contributed by atoms with E-state index in [4.69, 9.17) is 21.1 Å².